The van der Waals surface area contributed by atoms with E-state index in [2.05, 4.69) is 4.98 Å². The first-order chi connectivity index (χ1) is 8.84. The van der Waals surface area contributed by atoms with Crippen molar-refractivity contribution in [3.63, 3.8) is 0 Å². The summed E-state index contributed by atoms with van der Waals surface area (Å²) in [5.41, 5.74) is -0.521. The van der Waals surface area contributed by atoms with Gasteiger partial charge in [-0.15, -0.1) is 0 Å². The van der Waals surface area contributed by atoms with Crippen LogP contribution in [0.15, 0.2) is 15.9 Å². The quantitative estimate of drug-likeness (QED) is 0.805. The number of carbonyl (C=O) groups is 1. The van der Waals surface area contributed by atoms with E-state index in [1.54, 1.807) is 7.05 Å². The number of nitrogens with zero attached hydrogens (tertiary/aromatic N) is 4. The van der Waals surface area contributed by atoms with Gasteiger partial charge in [-0.1, -0.05) is 0 Å². The molecule has 0 aliphatic carbocycles. The van der Waals surface area contributed by atoms with Gasteiger partial charge in [-0.25, -0.2) is 9.78 Å². The molecule has 2 heterocycles. The minimum absolute atomic E-state index is 0.277. The van der Waals surface area contributed by atoms with Crippen LogP contribution in [0, 0.1) is 0 Å². The Hall–Kier alpha value is -2.38. The molecule has 2 aromatic rings. The van der Waals surface area contributed by atoms with Crippen LogP contribution >= 0.6 is 0 Å². The highest BCUT2D eigenvalue weighted by atomic mass is 16.4. The van der Waals surface area contributed by atoms with Crippen molar-refractivity contribution in [3.8, 4) is 0 Å². The van der Waals surface area contributed by atoms with Crippen LogP contribution in [0.25, 0.3) is 11.2 Å². The van der Waals surface area contributed by atoms with E-state index in [9.17, 15) is 14.4 Å². The summed E-state index contributed by atoms with van der Waals surface area (Å²) in [6, 6.07) is -0.719. The van der Waals surface area contributed by atoms with Gasteiger partial charge in [0.05, 0.1) is 12.7 Å². The van der Waals surface area contributed by atoms with Gasteiger partial charge in [-0.3, -0.25) is 18.7 Å². The number of carboxylic acids is 1. The standard InChI is InChI=1S/C11H14N4O4/c1-6(4-7(16)17)15-10(18)8-9(12-5-13(8)2)14(3)11(15)19/h5-6H,4H2,1-3H3,(H,16,17). The second-order valence-corrected chi connectivity index (χ2v) is 4.49. The van der Waals surface area contributed by atoms with Gasteiger partial charge in [0.2, 0.25) is 0 Å². The number of fused-ring (bicyclic) bond motifs is 1. The first-order valence-electron chi connectivity index (χ1n) is 5.69. The molecule has 1 atom stereocenters. The van der Waals surface area contributed by atoms with Crippen LogP contribution in [0.2, 0.25) is 0 Å². The fraction of sp³-hybridized carbons (Fsp3) is 0.455. The van der Waals surface area contributed by atoms with Gasteiger partial charge in [-0.2, -0.15) is 0 Å². The van der Waals surface area contributed by atoms with Gasteiger partial charge in [0, 0.05) is 20.1 Å². The number of imidazole rings is 1. The SMILES string of the molecule is CC(CC(=O)O)n1c(=O)c2c(ncn2C)n(C)c1=O. The molecular weight excluding hydrogens is 252 g/mol. The summed E-state index contributed by atoms with van der Waals surface area (Å²) in [4.78, 5) is 39.1. The summed E-state index contributed by atoms with van der Waals surface area (Å²) in [7, 11) is 3.15. The molecule has 0 aliphatic rings. The lowest BCUT2D eigenvalue weighted by Gasteiger charge is -2.13. The zero-order valence-corrected chi connectivity index (χ0v) is 10.8. The molecule has 1 N–H and O–H groups in total. The van der Waals surface area contributed by atoms with E-state index >= 15 is 0 Å². The summed E-state index contributed by atoms with van der Waals surface area (Å²) < 4.78 is 3.72. The topological polar surface area (TPSA) is 99.1 Å². The van der Waals surface area contributed by atoms with Crippen LogP contribution in [0.5, 0.6) is 0 Å². The van der Waals surface area contributed by atoms with Crippen molar-refractivity contribution in [2.24, 2.45) is 14.1 Å². The van der Waals surface area contributed by atoms with Gasteiger partial charge >= 0.3 is 11.7 Å². The maximum absolute atomic E-state index is 12.3. The average molecular weight is 266 g/mol. The second-order valence-electron chi connectivity index (χ2n) is 4.49. The summed E-state index contributed by atoms with van der Waals surface area (Å²) >= 11 is 0. The van der Waals surface area contributed by atoms with E-state index in [0.29, 0.717) is 0 Å². The van der Waals surface area contributed by atoms with Crippen LogP contribution in [0.3, 0.4) is 0 Å². The molecule has 8 heteroatoms. The van der Waals surface area contributed by atoms with Crippen molar-refractivity contribution in [2.45, 2.75) is 19.4 Å². The minimum atomic E-state index is -1.06. The number of rotatable bonds is 3. The van der Waals surface area contributed by atoms with Crippen LogP contribution in [0.4, 0.5) is 0 Å². The highest BCUT2D eigenvalue weighted by Gasteiger charge is 2.20. The van der Waals surface area contributed by atoms with Crippen molar-refractivity contribution in [1.29, 1.82) is 0 Å². The molecule has 19 heavy (non-hydrogen) atoms. The van der Waals surface area contributed by atoms with Crippen molar-refractivity contribution in [1.82, 2.24) is 18.7 Å². The Labute approximate surface area is 107 Å². The maximum Gasteiger partial charge on any atom is 0.332 e. The Morgan fingerprint density at radius 2 is 2.05 bits per heavy atom. The third-order valence-electron chi connectivity index (χ3n) is 3.06. The fourth-order valence-corrected chi connectivity index (χ4v) is 2.10. The van der Waals surface area contributed by atoms with Crippen LogP contribution in [0.1, 0.15) is 19.4 Å². The molecule has 0 saturated carbocycles. The number of aliphatic carboxylic acids is 1. The van der Waals surface area contributed by atoms with Gasteiger partial charge in [0.25, 0.3) is 5.56 Å². The zero-order chi connectivity index (χ0) is 14.3. The number of aromatic nitrogens is 4. The molecule has 0 spiro atoms. The molecule has 2 rings (SSSR count). The Kier molecular flexibility index (Phi) is 3.01. The van der Waals surface area contributed by atoms with Gasteiger partial charge in [-0.05, 0) is 6.92 Å². The Morgan fingerprint density at radius 3 is 2.63 bits per heavy atom. The number of hydrogen-bond acceptors (Lipinski definition) is 4. The second kappa shape index (κ2) is 4.38. The molecule has 0 saturated heterocycles. The van der Waals surface area contributed by atoms with E-state index in [4.69, 9.17) is 5.11 Å². The zero-order valence-electron chi connectivity index (χ0n) is 10.8. The number of hydrogen-bond donors (Lipinski definition) is 1. The molecule has 0 amide bonds. The van der Waals surface area contributed by atoms with Crippen LogP contribution in [-0.2, 0) is 18.9 Å². The molecule has 0 aliphatic heterocycles. The molecule has 1 unspecified atom stereocenters. The third kappa shape index (κ3) is 1.94. The van der Waals surface area contributed by atoms with Gasteiger partial charge in [0.15, 0.2) is 11.2 Å². The highest BCUT2D eigenvalue weighted by molar-refractivity contribution is 5.70. The summed E-state index contributed by atoms with van der Waals surface area (Å²) in [6.45, 7) is 1.53. The minimum Gasteiger partial charge on any atom is -0.481 e. The predicted octanol–water partition coefficient (Wildman–Crippen LogP) is -0.531. The van der Waals surface area contributed by atoms with Crippen LogP contribution in [-0.4, -0.2) is 29.8 Å². The van der Waals surface area contributed by atoms with Crippen molar-refractivity contribution in [3.05, 3.63) is 27.2 Å². The number of carboxylic acid groups (broad SMARTS) is 1. The fourth-order valence-electron chi connectivity index (χ4n) is 2.10. The van der Waals surface area contributed by atoms with Crippen molar-refractivity contribution in [2.75, 3.05) is 0 Å². The summed E-state index contributed by atoms with van der Waals surface area (Å²) in [6.07, 6.45) is 1.15. The molecular formula is C11H14N4O4. The lowest BCUT2D eigenvalue weighted by molar-refractivity contribution is -0.137. The summed E-state index contributed by atoms with van der Waals surface area (Å²) in [5.74, 6) is -1.06. The molecule has 0 bridgehead atoms. The largest absolute Gasteiger partial charge is 0.481 e. The molecule has 0 fully saturated rings. The predicted molar refractivity (Wildman–Crippen MR) is 67.2 cm³/mol. The Morgan fingerprint density at radius 1 is 1.42 bits per heavy atom. The molecule has 102 valence electrons. The Balaban J connectivity index is 2.81. The van der Waals surface area contributed by atoms with Crippen molar-refractivity contribution >= 4 is 17.1 Å². The number of aryl methyl sites for hydroxylation is 2. The molecule has 8 nitrogen and oxygen atoms in total. The van der Waals surface area contributed by atoms with E-state index < -0.39 is 23.3 Å². The van der Waals surface area contributed by atoms with E-state index in [1.165, 1.54) is 29.4 Å². The highest BCUT2D eigenvalue weighted by Crippen LogP contribution is 2.08. The molecule has 0 aromatic carbocycles. The van der Waals surface area contributed by atoms with E-state index in [-0.39, 0.29) is 17.6 Å². The van der Waals surface area contributed by atoms with Crippen molar-refractivity contribution < 1.29 is 9.90 Å². The van der Waals surface area contributed by atoms with Gasteiger partial charge < -0.3 is 9.67 Å². The molecule has 0 radical (unpaired) electrons. The lowest BCUT2D eigenvalue weighted by Crippen LogP contribution is -2.41. The monoisotopic (exact) mass is 266 g/mol. The molecule has 2 aromatic heterocycles. The van der Waals surface area contributed by atoms with Crippen LogP contribution < -0.4 is 11.2 Å². The smallest absolute Gasteiger partial charge is 0.332 e. The Bertz CT molecular complexity index is 767. The first-order valence-corrected chi connectivity index (χ1v) is 5.69. The van der Waals surface area contributed by atoms with E-state index in [1.807, 2.05) is 0 Å². The maximum atomic E-state index is 12.3. The normalized spacial score (nSPS) is 12.8. The van der Waals surface area contributed by atoms with Gasteiger partial charge in [0.1, 0.15) is 0 Å². The third-order valence-corrected chi connectivity index (χ3v) is 3.06. The summed E-state index contributed by atoms with van der Waals surface area (Å²) in [5, 5.41) is 8.78. The first kappa shape index (κ1) is 13.1. The average Bonchev–Trinajstić information content (AvgIpc) is 2.68. The van der Waals surface area contributed by atoms with E-state index in [0.717, 1.165) is 4.57 Å². The lowest BCUT2D eigenvalue weighted by atomic mass is 10.2.